The number of non-ortho nitro benzene ring substituents is 1. The normalized spacial score (nSPS) is 12.1. The van der Waals surface area contributed by atoms with E-state index in [4.69, 9.17) is 0 Å². The lowest BCUT2D eigenvalue weighted by atomic mass is 10.1. The third-order valence-corrected chi connectivity index (χ3v) is 3.01. The van der Waals surface area contributed by atoms with Gasteiger partial charge in [-0.3, -0.25) is 10.1 Å². The van der Waals surface area contributed by atoms with Crippen molar-refractivity contribution in [3.05, 3.63) is 34.4 Å². The van der Waals surface area contributed by atoms with Gasteiger partial charge in [0, 0.05) is 24.4 Å². The molecule has 0 bridgehead atoms. The van der Waals surface area contributed by atoms with Crippen LogP contribution in [0.5, 0.6) is 0 Å². The van der Waals surface area contributed by atoms with Crippen LogP contribution in [0.1, 0.15) is 39.0 Å². The molecule has 2 N–H and O–H groups in total. The Kier molecular flexibility index (Phi) is 6.89. The van der Waals surface area contributed by atoms with Crippen LogP contribution in [0.15, 0.2) is 24.3 Å². The standard InChI is InChI=1S/C14H22N2O3/c1-2-3-4-5-6-14(17)11-15-12-7-9-13(10-8-12)16(18)19/h7-10,14-15,17H,2-6,11H2,1H3. The van der Waals surface area contributed by atoms with Crippen molar-refractivity contribution in [2.75, 3.05) is 11.9 Å². The average molecular weight is 266 g/mol. The summed E-state index contributed by atoms with van der Waals surface area (Å²) in [7, 11) is 0. The van der Waals surface area contributed by atoms with Gasteiger partial charge >= 0.3 is 0 Å². The van der Waals surface area contributed by atoms with E-state index in [0.717, 1.165) is 24.9 Å². The van der Waals surface area contributed by atoms with Crippen molar-refractivity contribution in [2.24, 2.45) is 0 Å². The van der Waals surface area contributed by atoms with Gasteiger partial charge < -0.3 is 10.4 Å². The molecule has 0 aliphatic carbocycles. The second kappa shape index (κ2) is 8.48. The molecule has 5 nitrogen and oxygen atoms in total. The quantitative estimate of drug-likeness (QED) is 0.408. The number of rotatable bonds is 9. The van der Waals surface area contributed by atoms with Crippen LogP contribution >= 0.6 is 0 Å². The Labute approximate surface area is 113 Å². The molecule has 0 saturated carbocycles. The molecular weight excluding hydrogens is 244 g/mol. The minimum absolute atomic E-state index is 0.0747. The number of aliphatic hydroxyl groups is 1. The molecule has 0 fully saturated rings. The molecule has 0 saturated heterocycles. The molecule has 1 unspecified atom stereocenters. The zero-order valence-electron chi connectivity index (χ0n) is 11.3. The summed E-state index contributed by atoms with van der Waals surface area (Å²) in [5, 5.41) is 23.4. The summed E-state index contributed by atoms with van der Waals surface area (Å²) in [4.78, 5) is 10.1. The molecule has 5 heteroatoms. The molecule has 1 aromatic rings. The number of nitro groups is 1. The zero-order valence-corrected chi connectivity index (χ0v) is 11.3. The van der Waals surface area contributed by atoms with Gasteiger partial charge in [0.25, 0.3) is 5.69 Å². The fraction of sp³-hybridized carbons (Fsp3) is 0.571. The smallest absolute Gasteiger partial charge is 0.269 e. The summed E-state index contributed by atoms with van der Waals surface area (Å²) < 4.78 is 0. The van der Waals surface area contributed by atoms with Crippen LogP contribution in [0.4, 0.5) is 11.4 Å². The van der Waals surface area contributed by atoms with Crippen LogP contribution in [0.25, 0.3) is 0 Å². The van der Waals surface area contributed by atoms with Crippen LogP contribution in [0.2, 0.25) is 0 Å². The lowest BCUT2D eigenvalue weighted by molar-refractivity contribution is -0.384. The molecule has 19 heavy (non-hydrogen) atoms. The van der Waals surface area contributed by atoms with E-state index in [0.29, 0.717) is 6.54 Å². The predicted molar refractivity (Wildman–Crippen MR) is 76.4 cm³/mol. The third-order valence-electron chi connectivity index (χ3n) is 3.01. The SMILES string of the molecule is CCCCCCC(O)CNc1ccc([N+](=O)[O-])cc1. The number of nitro benzene ring substituents is 1. The highest BCUT2D eigenvalue weighted by Crippen LogP contribution is 2.15. The molecule has 0 amide bonds. The predicted octanol–water partition coefficient (Wildman–Crippen LogP) is 3.34. The van der Waals surface area contributed by atoms with E-state index >= 15 is 0 Å². The Hall–Kier alpha value is -1.62. The summed E-state index contributed by atoms with van der Waals surface area (Å²) in [6, 6.07) is 6.22. The number of aliphatic hydroxyl groups excluding tert-OH is 1. The molecule has 0 aliphatic rings. The molecule has 1 atom stereocenters. The van der Waals surface area contributed by atoms with Gasteiger partial charge in [-0.05, 0) is 18.6 Å². The Balaban J connectivity index is 2.25. The van der Waals surface area contributed by atoms with Gasteiger partial charge in [-0.15, -0.1) is 0 Å². The van der Waals surface area contributed by atoms with E-state index in [1.807, 2.05) is 0 Å². The maximum Gasteiger partial charge on any atom is 0.269 e. The Morgan fingerprint density at radius 3 is 2.53 bits per heavy atom. The first-order valence-corrected chi connectivity index (χ1v) is 6.80. The van der Waals surface area contributed by atoms with E-state index in [1.165, 1.54) is 25.0 Å². The summed E-state index contributed by atoms with van der Waals surface area (Å²) in [6.07, 6.45) is 5.02. The first-order chi connectivity index (χ1) is 9.13. The van der Waals surface area contributed by atoms with Crippen LogP contribution < -0.4 is 5.32 Å². The number of unbranched alkanes of at least 4 members (excludes halogenated alkanes) is 3. The van der Waals surface area contributed by atoms with Gasteiger partial charge in [0.2, 0.25) is 0 Å². The highest BCUT2D eigenvalue weighted by atomic mass is 16.6. The second-order valence-electron chi connectivity index (χ2n) is 4.69. The summed E-state index contributed by atoms with van der Waals surface area (Å²) in [5.41, 5.74) is 0.865. The van der Waals surface area contributed by atoms with Gasteiger partial charge in [0.15, 0.2) is 0 Å². The number of benzene rings is 1. The van der Waals surface area contributed by atoms with E-state index in [9.17, 15) is 15.2 Å². The van der Waals surface area contributed by atoms with Gasteiger partial charge in [0.05, 0.1) is 11.0 Å². The van der Waals surface area contributed by atoms with Crippen LogP contribution in [-0.2, 0) is 0 Å². The van der Waals surface area contributed by atoms with Crippen molar-refractivity contribution < 1.29 is 10.0 Å². The average Bonchev–Trinajstić information content (AvgIpc) is 2.42. The minimum Gasteiger partial charge on any atom is -0.391 e. The van der Waals surface area contributed by atoms with Gasteiger partial charge in [0.1, 0.15) is 0 Å². The monoisotopic (exact) mass is 266 g/mol. The topological polar surface area (TPSA) is 75.4 Å². The largest absolute Gasteiger partial charge is 0.391 e. The lowest BCUT2D eigenvalue weighted by Gasteiger charge is -2.12. The van der Waals surface area contributed by atoms with Crippen LogP contribution in [-0.4, -0.2) is 22.7 Å². The number of hydrogen-bond donors (Lipinski definition) is 2. The summed E-state index contributed by atoms with van der Waals surface area (Å²) in [6.45, 7) is 2.64. The van der Waals surface area contributed by atoms with Crippen molar-refractivity contribution in [3.63, 3.8) is 0 Å². The molecular formula is C14H22N2O3. The number of nitrogens with one attached hydrogen (secondary N) is 1. The summed E-state index contributed by atoms with van der Waals surface area (Å²) >= 11 is 0. The van der Waals surface area contributed by atoms with E-state index in [-0.39, 0.29) is 11.8 Å². The number of anilines is 1. The Morgan fingerprint density at radius 2 is 1.95 bits per heavy atom. The highest BCUT2D eigenvalue weighted by Gasteiger charge is 2.06. The van der Waals surface area contributed by atoms with E-state index in [1.54, 1.807) is 12.1 Å². The molecule has 1 rings (SSSR count). The van der Waals surface area contributed by atoms with E-state index in [2.05, 4.69) is 12.2 Å². The van der Waals surface area contributed by atoms with Crippen molar-refractivity contribution in [1.29, 1.82) is 0 Å². The van der Waals surface area contributed by atoms with Gasteiger partial charge in [-0.25, -0.2) is 0 Å². The minimum atomic E-state index is -0.424. The number of nitrogens with zero attached hydrogens (tertiary/aromatic N) is 1. The van der Waals surface area contributed by atoms with Crippen molar-refractivity contribution >= 4 is 11.4 Å². The number of hydrogen-bond acceptors (Lipinski definition) is 4. The maximum absolute atomic E-state index is 10.5. The van der Waals surface area contributed by atoms with Crippen molar-refractivity contribution in [2.45, 2.75) is 45.1 Å². The van der Waals surface area contributed by atoms with E-state index < -0.39 is 4.92 Å². The second-order valence-corrected chi connectivity index (χ2v) is 4.69. The Bertz CT molecular complexity index is 379. The molecule has 0 heterocycles. The van der Waals surface area contributed by atoms with Crippen molar-refractivity contribution in [1.82, 2.24) is 0 Å². The van der Waals surface area contributed by atoms with Crippen molar-refractivity contribution in [3.8, 4) is 0 Å². The van der Waals surface area contributed by atoms with Gasteiger partial charge in [-0.1, -0.05) is 32.6 Å². The highest BCUT2D eigenvalue weighted by molar-refractivity contribution is 5.48. The molecule has 1 aromatic carbocycles. The molecule has 106 valence electrons. The van der Waals surface area contributed by atoms with Crippen LogP contribution in [0, 0.1) is 10.1 Å². The molecule has 0 radical (unpaired) electrons. The third kappa shape index (κ3) is 6.20. The molecule has 0 aliphatic heterocycles. The first kappa shape index (κ1) is 15.4. The molecule has 0 aromatic heterocycles. The maximum atomic E-state index is 10.5. The summed E-state index contributed by atoms with van der Waals surface area (Å²) in [5.74, 6) is 0. The Morgan fingerprint density at radius 1 is 1.26 bits per heavy atom. The van der Waals surface area contributed by atoms with Crippen LogP contribution in [0.3, 0.4) is 0 Å². The first-order valence-electron chi connectivity index (χ1n) is 6.80. The fourth-order valence-corrected chi connectivity index (χ4v) is 1.85. The zero-order chi connectivity index (χ0) is 14.1. The lowest BCUT2D eigenvalue weighted by Crippen LogP contribution is -2.19. The van der Waals surface area contributed by atoms with Gasteiger partial charge in [-0.2, -0.15) is 0 Å². The molecule has 0 spiro atoms. The fourth-order valence-electron chi connectivity index (χ4n) is 1.85.